The molecule has 0 fully saturated rings. The molecule has 2 aromatic carbocycles. The molecule has 0 aliphatic rings. The second-order valence-electron chi connectivity index (χ2n) is 5.69. The Bertz CT molecular complexity index is 718. The zero-order valence-corrected chi connectivity index (χ0v) is 14.2. The van der Waals surface area contributed by atoms with Gasteiger partial charge in [-0.1, -0.05) is 61.0 Å². The number of amides is 1. The maximum absolute atomic E-state index is 12.2. The van der Waals surface area contributed by atoms with Gasteiger partial charge in [-0.05, 0) is 29.7 Å². The third-order valence-electron chi connectivity index (χ3n) is 4.18. The van der Waals surface area contributed by atoms with Crippen LogP contribution in [0, 0.1) is 0 Å². The predicted molar refractivity (Wildman–Crippen MR) is 94.2 cm³/mol. The maximum atomic E-state index is 12.2. The Kier molecular flexibility index (Phi) is 5.99. The fourth-order valence-corrected chi connectivity index (χ4v) is 2.90. The molecule has 2 rings (SSSR count). The number of hydrogen-bond donors (Lipinski definition) is 2. The molecule has 0 heterocycles. The summed E-state index contributed by atoms with van der Waals surface area (Å²) >= 11 is 5.91. The van der Waals surface area contributed by atoms with Crippen LogP contribution in [0.2, 0.25) is 5.02 Å². The molecule has 1 atom stereocenters. The van der Waals surface area contributed by atoms with Gasteiger partial charge in [-0.25, -0.2) is 0 Å². The molecule has 0 saturated carbocycles. The SMILES string of the molecule is CCC(CNC(=O)Cc1cccc(Cl)c1)(C(=O)O)c1ccccc1. The molecule has 1 amide bonds. The van der Waals surface area contributed by atoms with E-state index in [1.807, 2.05) is 19.1 Å². The van der Waals surface area contributed by atoms with Crippen LogP contribution >= 0.6 is 11.6 Å². The van der Waals surface area contributed by atoms with Gasteiger partial charge in [-0.2, -0.15) is 0 Å². The summed E-state index contributed by atoms with van der Waals surface area (Å²) in [6, 6.07) is 16.1. The highest BCUT2D eigenvalue weighted by Crippen LogP contribution is 2.27. The Morgan fingerprint density at radius 2 is 1.83 bits per heavy atom. The molecule has 1 unspecified atom stereocenters. The quantitative estimate of drug-likeness (QED) is 0.808. The minimum Gasteiger partial charge on any atom is -0.481 e. The molecule has 0 saturated heterocycles. The monoisotopic (exact) mass is 345 g/mol. The molecule has 2 aromatic rings. The number of carbonyl (C=O) groups excluding carboxylic acids is 1. The number of benzene rings is 2. The average molecular weight is 346 g/mol. The second kappa shape index (κ2) is 7.97. The van der Waals surface area contributed by atoms with Crippen LogP contribution in [-0.4, -0.2) is 23.5 Å². The molecule has 126 valence electrons. The lowest BCUT2D eigenvalue weighted by Gasteiger charge is -2.29. The lowest BCUT2D eigenvalue weighted by atomic mass is 9.78. The van der Waals surface area contributed by atoms with Gasteiger partial charge >= 0.3 is 5.97 Å². The van der Waals surface area contributed by atoms with Crippen molar-refractivity contribution in [2.75, 3.05) is 6.54 Å². The number of rotatable bonds is 7. The fourth-order valence-electron chi connectivity index (χ4n) is 2.68. The van der Waals surface area contributed by atoms with E-state index < -0.39 is 11.4 Å². The molecule has 24 heavy (non-hydrogen) atoms. The van der Waals surface area contributed by atoms with Crippen molar-refractivity contribution >= 4 is 23.5 Å². The number of halogens is 1. The van der Waals surface area contributed by atoms with Gasteiger partial charge in [0, 0.05) is 11.6 Å². The van der Waals surface area contributed by atoms with Crippen molar-refractivity contribution in [2.45, 2.75) is 25.2 Å². The summed E-state index contributed by atoms with van der Waals surface area (Å²) in [6.07, 6.45) is 0.540. The van der Waals surface area contributed by atoms with Crippen molar-refractivity contribution in [1.82, 2.24) is 5.32 Å². The Hall–Kier alpha value is -2.33. The maximum Gasteiger partial charge on any atom is 0.315 e. The van der Waals surface area contributed by atoms with E-state index in [1.54, 1.807) is 42.5 Å². The van der Waals surface area contributed by atoms with E-state index in [0.29, 0.717) is 17.0 Å². The zero-order valence-electron chi connectivity index (χ0n) is 13.5. The number of carbonyl (C=O) groups is 2. The minimum atomic E-state index is -1.13. The summed E-state index contributed by atoms with van der Waals surface area (Å²) in [7, 11) is 0. The average Bonchev–Trinajstić information content (AvgIpc) is 2.56. The lowest BCUT2D eigenvalue weighted by Crippen LogP contribution is -2.46. The molecular weight excluding hydrogens is 326 g/mol. The highest BCUT2D eigenvalue weighted by molar-refractivity contribution is 6.30. The van der Waals surface area contributed by atoms with Crippen molar-refractivity contribution in [3.05, 3.63) is 70.7 Å². The zero-order chi connectivity index (χ0) is 17.6. The van der Waals surface area contributed by atoms with Crippen molar-refractivity contribution in [3.63, 3.8) is 0 Å². The van der Waals surface area contributed by atoms with Crippen molar-refractivity contribution < 1.29 is 14.7 Å². The molecule has 4 nitrogen and oxygen atoms in total. The lowest BCUT2D eigenvalue weighted by molar-refractivity contribution is -0.144. The van der Waals surface area contributed by atoms with Crippen LogP contribution in [0.15, 0.2) is 54.6 Å². The topological polar surface area (TPSA) is 66.4 Å². The number of carboxylic acids is 1. The van der Waals surface area contributed by atoms with Crippen LogP contribution in [0.25, 0.3) is 0 Å². The van der Waals surface area contributed by atoms with Gasteiger partial charge in [-0.15, -0.1) is 0 Å². The summed E-state index contributed by atoms with van der Waals surface area (Å²) in [5.74, 6) is -1.17. The van der Waals surface area contributed by atoms with Crippen LogP contribution < -0.4 is 5.32 Å². The smallest absolute Gasteiger partial charge is 0.315 e. The van der Waals surface area contributed by atoms with E-state index in [0.717, 1.165) is 5.56 Å². The predicted octanol–water partition coefficient (Wildman–Crippen LogP) is 3.43. The van der Waals surface area contributed by atoms with Gasteiger partial charge in [-0.3, -0.25) is 9.59 Å². The van der Waals surface area contributed by atoms with E-state index in [1.165, 1.54) is 0 Å². The highest BCUT2D eigenvalue weighted by Gasteiger charge is 2.38. The van der Waals surface area contributed by atoms with E-state index in [9.17, 15) is 14.7 Å². The summed E-state index contributed by atoms with van der Waals surface area (Å²) < 4.78 is 0. The fraction of sp³-hybridized carbons (Fsp3) is 0.263. The third kappa shape index (κ3) is 4.15. The summed E-state index contributed by atoms with van der Waals surface area (Å²) in [5, 5.41) is 13.1. The normalized spacial score (nSPS) is 13.1. The van der Waals surface area contributed by atoms with E-state index in [-0.39, 0.29) is 18.9 Å². The van der Waals surface area contributed by atoms with Gasteiger partial charge in [0.05, 0.1) is 6.42 Å². The van der Waals surface area contributed by atoms with Gasteiger partial charge in [0.2, 0.25) is 5.91 Å². The first-order chi connectivity index (χ1) is 11.5. The van der Waals surface area contributed by atoms with Gasteiger partial charge in [0.1, 0.15) is 5.41 Å². The molecule has 2 N–H and O–H groups in total. The molecule has 0 aliphatic carbocycles. The molecule has 0 spiro atoms. The van der Waals surface area contributed by atoms with Gasteiger partial charge < -0.3 is 10.4 Å². The summed E-state index contributed by atoms with van der Waals surface area (Å²) in [4.78, 5) is 24.1. The Labute approximate surface area is 146 Å². The standard InChI is InChI=1S/C19H20ClNO3/c1-2-19(18(23)24,15-8-4-3-5-9-15)13-21-17(22)12-14-7-6-10-16(20)11-14/h3-11H,2,12-13H2,1H3,(H,21,22)(H,23,24). The number of aliphatic carboxylic acids is 1. The van der Waals surface area contributed by atoms with E-state index in [2.05, 4.69) is 5.32 Å². The van der Waals surface area contributed by atoms with Gasteiger partial charge in [0.15, 0.2) is 0 Å². The first kappa shape index (κ1) is 18.0. The molecule has 0 aliphatic heterocycles. The van der Waals surface area contributed by atoms with Crippen LogP contribution in [0.4, 0.5) is 0 Å². The Morgan fingerprint density at radius 3 is 2.42 bits per heavy atom. The van der Waals surface area contributed by atoms with Crippen molar-refractivity contribution in [1.29, 1.82) is 0 Å². The Morgan fingerprint density at radius 1 is 1.12 bits per heavy atom. The minimum absolute atomic E-state index is 0.0439. The number of nitrogens with one attached hydrogen (secondary N) is 1. The highest BCUT2D eigenvalue weighted by atomic mass is 35.5. The van der Waals surface area contributed by atoms with Crippen LogP contribution in [0.5, 0.6) is 0 Å². The number of carboxylic acid groups (broad SMARTS) is 1. The molecular formula is C19H20ClNO3. The van der Waals surface area contributed by atoms with E-state index in [4.69, 9.17) is 11.6 Å². The summed E-state index contributed by atoms with van der Waals surface area (Å²) in [5.41, 5.74) is 0.339. The van der Waals surface area contributed by atoms with Crippen LogP contribution in [0.3, 0.4) is 0 Å². The first-order valence-electron chi connectivity index (χ1n) is 7.78. The van der Waals surface area contributed by atoms with E-state index >= 15 is 0 Å². The summed E-state index contributed by atoms with van der Waals surface area (Å²) in [6.45, 7) is 1.85. The van der Waals surface area contributed by atoms with Crippen LogP contribution in [-0.2, 0) is 21.4 Å². The van der Waals surface area contributed by atoms with Crippen molar-refractivity contribution in [2.24, 2.45) is 0 Å². The molecule has 0 bridgehead atoms. The first-order valence-corrected chi connectivity index (χ1v) is 8.16. The Balaban J connectivity index is 2.11. The molecule has 0 aromatic heterocycles. The molecule has 5 heteroatoms. The second-order valence-corrected chi connectivity index (χ2v) is 6.13. The van der Waals surface area contributed by atoms with Crippen LogP contribution in [0.1, 0.15) is 24.5 Å². The van der Waals surface area contributed by atoms with Gasteiger partial charge in [0.25, 0.3) is 0 Å². The van der Waals surface area contributed by atoms with Crippen molar-refractivity contribution in [3.8, 4) is 0 Å². The third-order valence-corrected chi connectivity index (χ3v) is 4.42. The largest absolute Gasteiger partial charge is 0.481 e. The number of hydrogen-bond acceptors (Lipinski definition) is 2. The molecule has 0 radical (unpaired) electrons.